The van der Waals surface area contributed by atoms with Gasteiger partial charge in [-0.05, 0) is 37.1 Å². The van der Waals surface area contributed by atoms with Crippen molar-refractivity contribution in [3.8, 4) is 0 Å². The average Bonchev–Trinajstić information content (AvgIpc) is 3.29. The van der Waals surface area contributed by atoms with Gasteiger partial charge < -0.3 is 14.5 Å². The fraction of sp³-hybridized carbons (Fsp3) is 0.486. The van der Waals surface area contributed by atoms with E-state index in [0.717, 1.165) is 11.1 Å². The van der Waals surface area contributed by atoms with Crippen molar-refractivity contribution in [2.45, 2.75) is 64.7 Å². The van der Waals surface area contributed by atoms with Crippen LogP contribution in [-0.2, 0) is 36.8 Å². The van der Waals surface area contributed by atoms with Gasteiger partial charge in [-0.25, -0.2) is 0 Å². The van der Waals surface area contributed by atoms with Gasteiger partial charge in [0.1, 0.15) is 23.9 Å². The van der Waals surface area contributed by atoms with Gasteiger partial charge in [-0.3, -0.25) is 29.0 Å². The van der Waals surface area contributed by atoms with Gasteiger partial charge in [-0.15, -0.1) is 0 Å². The number of methoxy groups -OCH3 is 1. The van der Waals surface area contributed by atoms with Crippen molar-refractivity contribution in [2.75, 3.05) is 35.3 Å². The molecule has 238 valence electrons. The molecule has 0 unspecified atom stereocenters. The Morgan fingerprint density at radius 1 is 0.773 bits per heavy atom. The molecule has 0 N–H and O–H groups in total. The normalized spacial score (nSPS) is 17.0. The predicted octanol–water partition coefficient (Wildman–Crippen LogP) is 3.64. The van der Waals surface area contributed by atoms with Crippen LogP contribution < -0.4 is 0 Å². The summed E-state index contributed by atoms with van der Waals surface area (Å²) < 4.78 is 5.56. The smallest absolute Gasteiger partial charge is 0.257 e. The average molecular weight is 605 g/mol. The molecule has 0 aliphatic carbocycles. The molecule has 9 heteroatoms. The topological polar surface area (TPSA) is 90.5 Å². The molecule has 0 saturated heterocycles. The van der Waals surface area contributed by atoms with Crippen molar-refractivity contribution in [1.29, 1.82) is 0 Å². The molecule has 1 heterocycles. The Kier molecular flexibility index (Phi) is 11.9. The molecule has 2 aromatic carbocycles. The van der Waals surface area contributed by atoms with E-state index in [0.29, 0.717) is 12.2 Å². The summed E-state index contributed by atoms with van der Waals surface area (Å²) in [5.41, 5.74) is 1.78. The number of carbonyl (C=O) groups excluding carboxylic acids is 4. The summed E-state index contributed by atoms with van der Waals surface area (Å²) in [4.78, 5) is 61.9. The highest BCUT2D eigenvalue weighted by molar-refractivity contribution is 6.07. The Hall–Kier alpha value is -3.98. The summed E-state index contributed by atoms with van der Waals surface area (Å²) in [7, 11) is 8.43. The lowest BCUT2D eigenvalue weighted by molar-refractivity contribution is -0.155. The number of nitrogens with zero attached hydrogens (tertiary/aromatic N) is 4. The maximum absolute atomic E-state index is 14.5. The molecule has 0 bridgehead atoms. The van der Waals surface area contributed by atoms with Crippen molar-refractivity contribution in [3.63, 3.8) is 0 Å². The van der Waals surface area contributed by atoms with Gasteiger partial charge in [0.15, 0.2) is 0 Å². The predicted molar refractivity (Wildman–Crippen MR) is 171 cm³/mol. The number of hydrogen-bond acceptors (Lipinski definition) is 6. The van der Waals surface area contributed by atoms with Crippen LogP contribution >= 0.6 is 0 Å². The summed E-state index contributed by atoms with van der Waals surface area (Å²) in [5, 5.41) is 0. The first-order valence-electron chi connectivity index (χ1n) is 15.2. The number of likely N-dealkylation sites (N-methyl/N-ethyl adjacent to an activating group) is 3. The zero-order valence-electron chi connectivity index (χ0n) is 27.6. The van der Waals surface area contributed by atoms with Crippen LogP contribution in [0.25, 0.3) is 0 Å². The summed E-state index contributed by atoms with van der Waals surface area (Å²) >= 11 is 0. The molecule has 0 fully saturated rings. The van der Waals surface area contributed by atoms with Crippen LogP contribution in [0.15, 0.2) is 72.5 Å². The van der Waals surface area contributed by atoms with Gasteiger partial charge in [-0.1, -0.05) is 88.4 Å². The van der Waals surface area contributed by atoms with Crippen molar-refractivity contribution in [2.24, 2.45) is 11.8 Å². The maximum Gasteiger partial charge on any atom is 0.257 e. The van der Waals surface area contributed by atoms with E-state index < -0.39 is 36.0 Å². The largest absolute Gasteiger partial charge is 0.499 e. The molecule has 4 amide bonds. The SMILES string of the molecule is COC1=CC(=O)N(C(=O)[C@H](Cc2ccccc2)N(C)C(=O)[C@H](C(C)C)N(C)C(=O)[C@H](C(C)C)N(C)C)[C@H]1Cc1ccccc1. The number of rotatable bonds is 13. The Bertz CT molecular complexity index is 1320. The Balaban J connectivity index is 2.01. The molecule has 3 rings (SSSR count). The summed E-state index contributed by atoms with van der Waals surface area (Å²) in [6.45, 7) is 7.74. The van der Waals surface area contributed by atoms with Gasteiger partial charge >= 0.3 is 0 Å². The minimum absolute atomic E-state index is 0.0261. The lowest BCUT2D eigenvalue weighted by Gasteiger charge is -2.40. The van der Waals surface area contributed by atoms with E-state index in [1.54, 1.807) is 14.1 Å². The van der Waals surface area contributed by atoms with Crippen LogP contribution in [0.3, 0.4) is 0 Å². The highest BCUT2D eigenvalue weighted by Crippen LogP contribution is 2.27. The lowest BCUT2D eigenvalue weighted by atomic mass is 9.95. The van der Waals surface area contributed by atoms with Crippen molar-refractivity contribution in [1.82, 2.24) is 19.6 Å². The van der Waals surface area contributed by atoms with Crippen LogP contribution in [0.1, 0.15) is 38.8 Å². The van der Waals surface area contributed by atoms with Crippen LogP contribution in [-0.4, -0.2) is 103 Å². The van der Waals surface area contributed by atoms with E-state index >= 15 is 0 Å². The van der Waals surface area contributed by atoms with E-state index in [-0.39, 0.29) is 30.1 Å². The van der Waals surface area contributed by atoms with Gasteiger partial charge in [0.2, 0.25) is 11.8 Å². The van der Waals surface area contributed by atoms with Crippen LogP contribution in [0.4, 0.5) is 0 Å². The second-order valence-corrected chi connectivity index (χ2v) is 12.4. The maximum atomic E-state index is 14.5. The van der Waals surface area contributed by atoms with E-state index in [9.17, 15) is 19.2 Å². The molecule has 44 heavy (non-hydrogen) atoms. The Morgan fingerprint density at radius 3 is 1.75 bits per heavy atom. The highest BCUT2D eigenvalue weighted by atomic mass is 16.5. The first kappa shape index (κ1) is 34.5. The monoisotopic (exact) mass is 604 g/mol. The fourth-order valence-electron chi connectivity index (χ4n) is 6.15. The molecular formula is C35H48N4O5. The first-order valence-corrected chi connectivity index (χ1v) is 15.2. The minimum atomic E-state index is -1.00. The number of amides is 4. The Morgan fingerprint density at radius 2 is 1.27 bits per heavy atom. The summed E-state index contributed by atoms with van der Waals surface area (Å²) in [6, 6.07) is 16.1. The van der Waals surface area contributed by atoms with Gasteiger partial charge in [0.25, 0.3) is 11.8 Å². The molecule has 0 aromatic heterocycles. The molecule has 0 saturated carbocycles. The van der Waals surface area contributed by atoms with Crippen LogP contribution in [0.2, 0.25) is 0 Å². The lowest BCUT2D eigenvalue weighted by Crippen LogP contribution is -2.60. The molecule has 4 atom stereocenters. The zero-order valence-corrected chi connectivity index (χ0v) is 27.6. The van der Waals surface area contributed by atoms with E-state index in [1.165, 1.54) is 27.9 Å². The van der Waals surface area contributed by atoms with Crippen molar-refractivity contribution < 1.29 is 23.9 Å². The molecule has 0 spiro atoms. The third-order valence-corrected chi connectivity index (χ3v) is 8.35. The standard InChI is InChI=1S/C35H48N4O5/c1-23(2)31(36(5)6)34(42)38(8)32(24(3)4)35(43)37(7)28(21-26-18-14-11-15-19-26)33(41)39-27(29(44-9)22-30(39)40)20-25-16-12-10-13-17-25/h10-19,22-24,27-28,31-32H,20-21H2,1-9H3/t27-,28-,31-,32-/m0/s1. The van der Waals surface area contributed by atoms with Crippen molar-refractivity contribution >= 4 is 23.6 Å². The van der Waals surface area contributed by atoms with Gasteiger partial charge in [0.05, 0.1) is 13.2 Å². The zero-order chi connectivity index (χ0) is 32.7. The van der Waals surface area contributed by atoms with E-state index in [4.69, 9.17) is 4.74 Å². The fourth-order valence-corrected chi connectivity index (χ4v) is 6.15. The van der Waals surface area contributed by atoms with E-state index in [1.807, 2.05) is 107 Å². The quantitative estimate of drug-likeness (QED) is 0.347. The Labute approximate surface area is 262 Å². The molecule has 1 aliphatic heterocycles. The first-order chi connectivity index (χ1) is 20.8. The minimum Gasteiger partial charge on any atom is -0.499 e. The van der Waals surface area contributed by atoms with Crippen molar-refractivity contribution in [3.05, 3.63) is 83.6 Å². The van der Waals surface area contributed by atoms with Crippen LogP contribution in [0, 0.1) is 11.8 Å². The van der Waals surface area contributed by atoms with E-state index in [2.05, 4.69) is 0 Å². The number of carbonyl (C=O) groups is 4. The molecule has 1 aliphatic rings. The summed E-state index contributed by atoms with van der Waals surface area (Å²) in [5.74, 6) is -1.32. The molecular weight excluding hydrogens is 556 g/mol. The third kappa shape index (κ3) is 7.75. The number of hydrogen-bond donors (Lipinski definition) is 0. The number of benzene rings is 2. The molecule has 0 radical (unpaired) electrons. The number of imide groups is 1. The van der Waals surface area contributed by atoms with Crippen LogP contribution in [0.5, 0.6) is 0 Å². The third-order valence-electron chi connectivity index (χ3n) is 8.35. The molecule has 9 nitrogen and oxygen atoms in total. The molecule has 2 aromatic rings. The number of ether oxygens (including phenoxy) is 1. The second kappa shape index (κ2) is 15.1. The second-order valence-electron chi connectivity index (χ2n) is 12.4. The van der Waals surface area contributed by atoms with Gasteiger partial charge in [0, 0.05) is 33.0 Å². The summed E-state index contributed by atoms with van der Waals surface area (Å²) in [6.07, 6.45) is 1.92. The van der Waals surface area contributed by atoms with Gasteiger partial charge in [-0.2, -0.15) is 0 Å². The highest BCUT2D eigenvalue weighted by Gasteiger charge is 2.45.